The van der Waals surface area contributed by atoms with Crippen LogP contribution in [0.5, 0.6) is 0 Å². The van der Waals surface area contributed by atoms with Crippen molar-refractivity contribution in [3.05, 3.63) is 0 Å². The van der Waals surface area contributed by atoms with Crippen molar-refractivity contribution in [3.8, 4) is 0 Å². The van der Waals surface area contributed by atoms with E-state index in [-0.39, 0.29) is 95.6 Å². The first-order valence-electron chi connectivity index (χ1n) is 9.56. The number of aliphatic carboxylic acids is 2. The maximum Gasteiger partial charge on any atom is 1.00 e. The standard InChI is InChI=1S/C19H34N2O6.2Na/c1-12(2)16(18(24)25)20-14(22)10-8-6-5-7-9-11-15(23)21-17(13(3)4)19(26)27;;/h12-13,16-17H,5-11H2,1-4H3,(H,20,22)(H,21,23)(H,24,25)(H,26,27);;/q;2*+1/p-2/t16-,17-;;/m0../s1. The van der Waals surface area contributed by atoms with Crippen molar-refractivity contribution in [1.82, 2.24) is 10.6 Å². The van der Waals surface area contributed by atoms with Crippen LogP contribution in [0.1, 0.15) is 72.6 Å². The zero-order chi connectivity index (χ0) is 21.0. The Morgan fingerprint density at radius 1 is 0.621 bits per heavy atom. The average molecular weight is 430 g/mol. The van der Waals surface area contributed by atoms with Gasteiger partial charge in [0.05, 0.1) is 24.0 Å². The van der Waals surface area contributed by atoms with Crippen molar-refractivity contribution in [2.24, 2.45) is 11.8 Å². The van der Waals surface area contributed by atoms with E-state index in [0.29, 0.717) is 12.8 Å². The molecule has 0 aliphatic carbocycles. The summed E-state index contributed by atoms with van der Waals surface area (Å²) in [4.78, 5) is 45.3. The predicted molar refractivity (Wildman–Crippen MR) is 95.9 cm³/mol. The van der Waals surface area contributed by atoms with Crippen LogP contribution in [0.2, 0.25) is 0 Å². The zero-order valence-electron chi connectivity index (χ0n) is 18.7. The Kier molecular flexibility index (Phi) is 21.5. The van der Waals surface area contributed by atoms with E-state index < -0.39 is 24.0 Å². The van der Waals surface area contributed by atoms with E-state index in [2.05, 4.69) is 10.6 Å². The number of carbonyl (C=O) groups is 4. The summed E-state index contributed by atoms with van der Waals surface area (Å²) in [6.45, 7) is 6.81. The van der Waals surface area contributed by atoms with Crippen molar-refractivity contribution in [3.63, 3.8) is 0 Å². The van der Waals surface area contributed by atoms with Gasteiger partial charge in [0, 0.05) is 12.8 Å². The summed E-state index contributed by atoms with van der Waals surface area (Å²) in [6, 6.07) is -1.96. The minimum absolute atomic E-state index is 0. The van der Waals surface area contributed by atoms with E-state index in [1.165, 1.54) is 0 Å². The number of hydrogen-bond donors (Lipinski definition) is 2. The van der Waals surface area contributed by atoms with Gasteiger partial charge in [-0.25, -0.2) is 0 Å². The van der Waals surface area contributed by atoms with Crippen LogP contribution in [-0.2, 0) is 19.2 Å². The molecular weight excluding hydrogens is 398 g/mol. The van der Waals surface area contributed by atoms with E-state index in [0.717, 1.165) is 19.3 Å². The number of unbranched alkanes of at least 4 members (excludes halogenated alkanes) is 4. The molecule has 2 atom stereocenters. The Hall–Kier alpha value is -0.120. The number of nitrogens with one attached hydrogen (secondary N) is 2. The molecule has 156 valence electrons. The fourth-order valence-electron chi connectivity index (χ4n) is 2.59. The molecule has 0 saturated heterocycles. The van der Waals surface area contributed by atoms with E-state index in [9.17, 15) is 29.4 Å². The fraction of sp³-hybridized carbons (Fsp3) is 0.789. The molecular formula is C19H32N2Na2O6. The first kappa shape index (κ1) is 33.5. The van der Waals surface area contributed by atoms with Gasteiger partial charge < -0.3 is 30.4 Å². The maximum absolute atomic E-state index is 11.7. The molecule has 29 heavy (non-hydrogen) atoms. The predicted octanol–water partition coefficient (Wildman–Crippen LogP) is -6.49. The number of carbonyl (C=O) groups excluding carboxylic acids is 4. The minimum Gasteiger partial charge on any atom is -0.548 e. The van der Waals surface area contributed by atoms with Crippen LogP contribution in [-0.4, -0.2) is 35.8 Å². The van der Waals surface area contributed by atoms with Crippen LogP contribution >= 0.6 is 0 Å². The van der Waals surface area contributed by atoms with Gasteiger partial charge in [-0.3, -0.25) is 9.59 Å². The topological polar surface area (TPSA) is 138 Å². The normalized spacial score (nSPS) is 12.3. The number of rotatable bonds is 14. The Balaban J connectivity index is -0.00000338. The van der Waals surface area contributed by atoms with Crippen LogP contribution in [0.15, 0.2) is 0 Å². The van der Waals surface area contributed by atoms with Crippen molar-refractivity contribution < 1.29 is 88.5 Å². The second-order valence-electron chi connectivity index (χ2n) is 7.48. The van der Waals surface area contributed by atoms with Crippen molar-refractivity contribution in [2.45, 2.75) is 84.7 Å². The number of carboxylic acid groups (broad SMARTS) is 2. The Morgan fingerprint density at radius 2 is 0.897 bits per heavy atom. The van der Waals surface area contributed by atoms with Gasteiger partial charge in [0.2, 0.25) is 11.8 Å². The Labute approximate surface area is 217 Å². The van der Waals surface area contributed by atoms with Gasteiger partial charge in [-0.05, 0) is 24.7 Å². The summed E-state index contributed by atoms with van der Waals surface area (Å²) >= 11 is 0. The van der Waals surface area contributed by atoms with Gasteiger partial charge in [0.25, 0.3) is 0 Å². The van der Waals surface area contributed by atoms with Gasteiger partial charge >= 0.3 is 59.1 Å². The molecule has 2 N–H and O–H groups in total. The molecule has 0 aliphatic heterocycles. The van der Waals surface area contributed by atoms with Crippen LogP contribution in [0, 0.1) is 11.8 Å². The number of carboxylic acids is 2. The monoisotopic (exact) mass is 430 g/mol. The first-order valence-corrected chi connectivity index (χ1v) is 9.56. The van der Waals surface area contributed by atoms with Gasteiger partial charge in [0.1, 0.15) is 0 Å². The van der Waals surface area contributed by atoms with E-state index in [4.69, 9.17) is 0 Å². The number of amides is 2. The van der Waals surface area contributed by atoms with Gasteiger partial charge in [-0.2, -0.15) is 0 Å². The molecule has 0 aliphatic rings. The molecule has 0 rings (SSSR count). The molecule has 10 heteroatoms. The Bertz CT molecular complexity index is 471. The Morgan fingerprint density at radius 3 is 1.14 bits per heavy atom. The third kappa shape index (κ3) is 16.3. The minimum atomic E-state index is -1.28. The summed E-state index contributed by atoms with van der Waals surface area (Å²) in [7, 11) is 0. The molecule has 0 unspecified atom stereocenters. The maximum atomic E-state index is 11.7. The van der Waals surface area contributed by atoms with E-state index in [1.54, 1.807) is 27.7 Å². The number of hydrogen-bond acceptors (Lipinski definition) is 6. The third-order valence-corrected chi connectivity index (χ3v) is 4.28. The second kappa shape index (κ2) is 18.6. The molecule has 0 saturated carbocycles. The van der Waals surface area contributed by atoms with Gasteiger partial charge in [-0.15, -0.1) is 0 Å². The summed E-state index contributed by atoms with van der Waals surface area (Å²) < 4.78 is 0. The van der Waals surface area contributed by atoms with Crippen molar-refractivity contribution in [1.29, 1.82) is 0 Å². The molecule has 0 spiro atoms. The van der Waals surface area contributed by atoms with Crippen molar-refractivity contribution >= 4 is 23.8 Å². The molecule has 0 aromatic rings. The largest absolute Gasteiger partial charge is 1.00 e. The molecule has 0 bridgehead atoms. The second-order valence-corrected chi connectivity index (χ2v) is 7.48. The first-order chi connectivity index (χ1) is 12.6. The molecule has 0 fully saturated rings. The summed E-state index contributed by atoms with van der Waals surface area (Å²) in [5.41, 5.74) is 0. The van der Waals surface area contributed by atoms with Crippen LogP contribution in [0.3, 0.4) is 0 Å². The summed E-state index contributed by atoms with van der Waals surface area (Å²) in [5.74, 6) is -3.65. The SMILES string of the molecule is CC(C)[C@H](NC(=O)CCCCCCCC(=O)N[C@H](C(=O)[O-])C(C)C)C(=O)[O-].[Na+].[Na+]. The molecule has 0 radical (unpaired) electrons. The molecule has 0 aromatic carbocycles. The fourth-order valence-corrected chi connectivity index (χ4v) is 2.59. The third-order valence-electron chi connectivity index (χ3n) is 4.28. The molecule has 2 amide bonds. The summed E-state index contributed by atoms with van der Waals surface area (Å²) in [5, 5.41) is 26.8. The van der Waals surface area contributed by atoms with Gasteiger partial charge in [-0.1, -0.05) is 47.0 Å². The van der Waals surface area contributed by atoms with Gasteiger partial charge in [0.15, 0.2) is 0 Å². The molecule has 0 heterocycles. The molecule has 8 nitrogen and oxygen atoms in total. The van der Waals surface area contributed by atoms with E-state index in [1.807, 2.05) is 0 Å². The van der Waals surface area contributed by atoms with E-state index >= 15 is 0 Å². The van der Waals surface area contributed by atoms with Crippen molar-refractivity contribution in [2.75, 3.05) is 0 Å². The summed E-state index contributed by atoms with van der Waals surface area (Å²) in [6.07, 6.45) is 4.19. The smallest absolute Gasteiger partial charge is 0.548 e. The van der Waals surface area contributed by atoms with Crippen LogP contribution in [0.25, 0.3) is 0 Å². The van der Waals surface area contributed by atoms with Crippen LogP contribution in [0.4, 0.5) is 0 Å². The van der Waals surface area contributed by atoms with Crippen LogP contribution < -0.4 is 80.0 Å². The quantitative estimate of drug-likeness (QED) is 0.208. The average Bonchev–Trinajstić information content (AvgIpc) is 2.55. The molecule has 0 aromatic heterocycles. The zero-order valence-corrected chi connectivity index (χ0v) is 22.7.